The Kier molecular flexibility index (Phi) is 14.9. The number of halogens is 1. The fourth-order valence-corrected chi connectivity index (χ4v) is 9.61. The monoisotopic (exact) mass is 872 g/mol. The molecule has 0 radical (unpaired) electrons. The van der Waals surface area contributed by atoms with Gasteiger partial charge in [-0.15, -0.1) is 6.58 Å². The summed E-state index contributed by atoms with van der Waals surface area (Å²) in [5, 5.41) is 45.9. The van der Waals surface area contributed by atoms with Crippen LogP contribution in [0.2, 0.25) is 0 Å². The van der Waals surface area contributed by atoms with Gasteiger partial charge in [0.15, 0.2) is 0 Å². The van der Waals surface area contributed by atoms with Crippen LogP contribution in [-0.4, -0.2) is 69.9 Å². The molecule has 14 heteroatoms. The molecule has 3 aliphatic rings. The summed E-state index contributed by atoms with van der Waals surface area (Å²) in [5.74, 6) is -2.29. The van der Waals surface area contributed by atoms with Crippen molar-refractivity contribution in [3.63, 3.8) is 0 Å². The SMILES string of the molecule is C=CCO[C@@]12Oc3ccc(Oc4cccc([N+](=O)[O-])c4)cc3[C@H]3[C@H](CCCCO)[C@@H](CCCCO)C=C(C(=NOCC)C[C@@H]1N(Cc1ccc(F)cc1)C(=O)c1ccc(C#N)cc1)[C@H]32. The number of aliphatic hydroxyl groups is 2. The van der Waals surface area contributed by atoms with Crippen LogP contribution in [0.1, 0.15) is 84.8 Å². The van der Waals surface area contributed by atoms with Crippen molar-refractivity contribution in [2.75, 3.05) is 26.4 Å². The number of nitrogens with zero attached hydrogens (tertiary/aromatic N) is 4. The predicted octanol–water partition coefficient (Wildman–Crippen LogP) is 9.39. The van der Waals surface area contributed by atoms with Gasteiger partial charge in [0.2, 0.25) is 5.79 Å². The van der Waals surface area contributed by atoms with E-state index in [-0.39, 0.29) is 74.5 Å². The van der Waals surface area contributed by atoms with Crippen LogP contribution >= 0.6 is 0 Å². The van der Waals surface area contributed by atoms with E-state index >= 15 is 4.79 Å². The van der Waals surface area contributed by atoms with E-state index in [9.17, 15) is 30.0 Å². The van der Waals surface area contributed by atoms with Crippen molar-refractivity contribution >= 4 is 17.3 Å². The van der Waals surface area contributed by atoms with E-state index in [1.165, 1.54) is 24.3 Å². The van der Waals surface area contributed by atoms with E-state index < -0.39 is 28.5 Å². The number of carbonyl (C=O) groups excluding carboxylic acids is 1. The standard InChI is InChI=1S/C50H53FN4O9/c1-3-26-61-50-46(54(32-34-16-20-37(51)21-17-34)49(58)35-18-14-33(31-52)15-19-35)30-44(53-62-4-2)42-27-36(10-5-7-24-56)41(13-6-8-25-57)47(48(42)50)43-29-40(22-23-45(43)64-50)63-39-12-9-11-38(28-39)55(59)60/h3,9,11-12,14-23,27-29,36,41,46-48,56-57H,1,4-8,10,13,24-26,30,32H2,2H3/t36-,41+,46-,47+,48+,50+/m0/s1. The number of oxime groups is 1. The molecule has 1 fully saturated rings. The highest BCUT2D eigenvalue weighted by atomic mass is 19.1. The molecule has 0 aromatic heterocycles. The molecular weight excluding hydrogens is 820 g/mol. The van der Waals surface area contributed by atoms with Crippen LogP contribution in [-0.2, 0) is 16.1 Å². The van der Waals surface area contributed by atoms with Crippen molar-refractivity contribution in [3.05, 3.63) is 153 Å². The maximum atomic E-state index is 15.2. The molecule has 0 bridgehead atoms. The van der Waals surface area contributed by atoms with Crippen LogP contribution in [0.5, 0.6) is 17.2 Å². The molecule has 334 valence electrons. The van der Waals surface area contributed by atoms with Crippen LogP contribution in [0.3, 0.4) is 0 Å². The van der Waals surface area contributed by atoms with E-state index in [1.807, 2.05) is 13.0 Å². The number of amides is 1. The molecule has 13 nitrogen and oxygen atoms in total. The van der Waals surface area contributed by atoms with Gasteiger partial charge in [-0.1, -0.05) is 48.3 Å². The first-order valence-electron chi connectivity index (χ1n) is 21.8. The Morgan fingerprint density at radius 3 is 2.45 bits per heavy atom. The number of benzene rings is 4. The second-order valence-corrected chi connectivity index (χ2v) is 16.3. The number of ether oxygens (including phenoxy) is 3. The zero-order valence-corrected chi connectivity index (χ0v) is 35.8. The summed E-state index contributed by atoms with van der Waals surface area (Å²) in [4.78, 5) is 33.9. The van der Waals surface area contributed by atoms with Crippen LogP contribution in [0.15, 0.2) is 120 Å². The molecule has 0 spiro atoms. The van der Waals surface area contributed by atoms with Crippen molar-refractivity contribution in [2.45, 2.75) is 76.2 Å². The first-order chi connectivity index (χ1) is 31.1. The Morgan fingerprint density at radius 1 is 1.03 bits per heavy atom. The van der Waals surface area contributed by atoms with Gasteiger partial charge in [0.25, 0.3) is 11.6 Å². The van der Waals surface area contributed by atoms with E-state index in [4.69, 9.17) is 24.2 Å². The Balaban J connectivity index is 1.47. The highest BCUT2D eigenvalue weighted by Crippen LogP contribution is 2.62. The first kappa shape index (κ1) is 45.6. The zero-order chi connectivity index (χ0) is 45.2. The average molecular weight is 873 g/mol. The maximum Gasteiger partial charge on any atom is 0.273 e. The summed E-state index contributed by atoms with van der Waals surface area (Å²) in [5.41, 5.74) is 3.49. The van der Waals surface area contributed by atoms with Crippen LogP contribution in [0, 0.1) is 45.0 Å². The second-order valence-electron chi connectivity index (χ2n) is 16.3. The lowest BCUT2D eigenvalue weighted by Gasteiger charge is -2.60. The van der Waals surface area contributed by atoms with Crippen molar-refractivity contribution < 1.29 is 43.4 Å². The summed E-state index contributed by atoms with van der Waals surface area (Å²) >= 11 is 0. The Morgan fingerprint density at radius 2 is 1.77 bits per heavy atom. The molecule has 7 rings (SSSR count). The molecule has 1 heterocycles. The van der Waals surface area contributed by atoms with E-state index in [2.05, 4.69) is 18.7 Å². The number of allylic oxidation sites excluding steroid dienone is 1. The number of rotatable bonds is 20. The smallest absolute Gasteiger partial charge is 0.273 e. The van der Waals surface area contributed by atoms with Gasteiger partial charge in [-0.3, -0.25) is 14.9 Å². The first-order valence-corrected chi connectivity index (χ1v) is 21.8. The number of nitro groups is 1. The Bertz CT molecular complexity index is 2400. The zero-order valence-electron chi connectivity index (χ0n) is 35.8. The number of nitriles is 1. The molecule has 1 aliphatic heterocycles. The lowest BCUT2D eigenvalue weighted by Crippen LogP contribution is -2.70. The molecule has 2 N–H and O–H groups in total. The van der Waals surface area contributed by atoms with Crippen LogP contribution in [0.25, 0.3) is 0 Å². The molecule has 6 atom stereocenters. The number of carbonyl (C=O) groups is 1. The summed E-state index contributed by atoms with van der Waals surface area (Å²) in [6.07, 6.45) is 8.12. The Hall–Kier alpha value is -6.40. The third kappa shape index (κ3) is 9.72. The van der Waals surface area contributed by atoms with Crippen molar-refractivity contribution in [1.82, 2.24) is 4.90 Å². The predicted molar refractivity (Wildman–Crippen MR) is 237 cm³/mol. The van der Waals surface area contributed by atoms with E-state index in [0.29, 0.717) is 59.6 Å². The van der Waals surface area contributed by atoms with Gasteiger partial charge in [-0.2, -0.15) is 5.26 Å². The number of nitro benzene ring substituents is 1. The summed E-state index contributed by atoms with van der Waals surface area (Å²) in [6, 6.07) is 25.0. The summed E-state index contributed by atoms with van der Waals surface area (Å²) in [7, 11) is 0. The van der Waals surface area contributed by atoms with Gasteiger partial charge < -0.3 is 34.2 Å². The average Bonchev–Trinajstić information content (AvgIpc) is 3.31. The molecule has 4 aromatic carbocycles. The van der Waals surface area contributed by atoms with Crippen LogP contribution in [0.4, 0.5) is 10.1 Å². The largest absolute Gasteiger partial charge is 0.459 e. The lowest BCUT2D eigenvalue weighted by molar-refractivity contribution is -0.384. The van der Waals surface area contributed by atoms with Gasteiger partial charge in [-0.25, -0.2) is 4.39 Å². The molecule has 0 unspecified atom stereocenters. The van der Waals surface area contributed by atoms with Gasteiger partial charge in [-0.05, 0) is 116 Å². The highest BCUT2D eigenvalue weighted by molar-refractivity contribution is 6.03. The maximum absolute atomic E-state index is 15.2. The quantitative estimate of drug-likeness (QED) is 0.0376. The molecule has 1 amide bonds. The third-order valence-corrected chi connectivity index (χ3v) is 12.4. The van der Waals surface area contributed by atoms with Crippen molar-refractivity contribution in [1.29, 1.82) is 5.26 Å². The normalized spacial score (nSPS) is 22.5. The number of fused-ring (bicyclic) bond motifs is 2. The topological polar surface area (TPSA) is 177 Å². The Labute approximate surface area is 372 Å². The molecule has 4 aromatic rings. The minimum Gasteiger partial charge on any atom is -0.459 e. The molecule has 1 saturated carbocycles. The van der Waals surface area contributed by atoms with Crippen molar-refractivity contribution in [2.24, 2.45) is 22.9 Å². The second kappa shape index (κ2) is 20.9. The van der Waals surface area contributed by atoms with Gasteiger partial charge in [0, 0.05) is 49.3 Å². The van der Waals surface area contributed by atoms with Crippen LogP contribution < -0.4 is 9.47 Å². The third-order valence-electron chi connectivity index (χ3n) is 12.4. The van der Waals surface area contributed by atoms with Crippen molar-refractivity contribution in [3.8, 4) is 23.3 Å². The minimum absolute atomic E-state index is 0.0212. The van der Waals surface area contributed by atoms with Gasteiger partial charge in [0.1, 0.15) is 35.7 Å². The molecular formula is C50H53FN4O9. The van der Waals surface area contributed by atoms with E-state index in [0.717, 1.165) is 24.0 Å². The fourth-order valence-electron chi connectivity index (χ4n) is 9.61. The lowest BCUT2D eigenvalue weighted by atomic mass is 9.55. The number of aliphatic hydroxyl groups excluding tert-OH is 2. The van der Waals surface area contributed by atoms with Gasteiger partial charge in [0.05, 0.1) is 40.9 Å². The van der Waals surface area contributed by atoms with E-state index in [1.54, 1.807) is 71.6 Å². The molecule has 0 saturated heterocycles. The number of non-ortho nitro benzene ring substituents is 1. The number of hydrogen-bond donors (Lipinski definition) is 2. The van der Waals surface area contributed by atoms with Gasteiger partial charge >= 0.3 is 0 Å². The molecule has 64 heavy (non-hydrogen) atoms. The minimum atomic E-state index is -1.58. The summed E-state index contributed by atoms with van der Waals surface area (Å²) in [6.45, 7) is 6.25. The number of hydrogen-bond acceptors (Lipinski definition) is 11. The number of unbranched alkanes of at least 4 members (excludes halogenated alkanes) is 2. The summed E-state index contributed by atoms with van der Waals surface area (Å²) < 4.78 is 35.1. The fraction of sp³-hybridized carbons (Fsp3) is 0.380. The molecule has 2 aliphatic carbocycles. The highest BCUT2D eigenvalue weighted by Gasteiger charge is 2.65.